The summed E-state index contributed by atoms with van der Waals surface area (Å²) in [5.41, 5.74) is 1.29. The van der Waals surface area contributed by atoms with Gasteiger partial charge >= 0.3 is 0 Å². The maximum absolute atomic E-state index is 12.1. The van der Waals surface area contributed by atoms with Crippen LogP contribution in [0, 0.1) is 0 Å². The fourth-order valence-electron chi connectivity index (χ4n) is 1.96. The van der Waals surface area contributed by atoms with Crippen molar-refractivity contribution in [1.29, 1.82) is 0 Å². The number of pyridine rings is 1. The van der Waals surface area contributed by atoms with Crippen molar-refractivity contribution in [3.05, 3.63) is 53.2 Å². The Morgan fingerprint density at radius 3 is 2.83 bits per heavy atom. The Bertz CT molecular complexity index is 949. The SMILES string of the molecule is NS(=O)(=O)c1cccc(CNC(=O)c2nc3cccnc3s2)c1. The molecule has 2 aromatic heterocycles. The summed E-state index contributed by atoms with van der Waals surface area (Å²) in [4.78, 5) is 21.2. The summed E-state index contributed by atoms with van der Waals surface area (Å²) >= 11 is 1.20. The molecule has 118 valence electrons. The highest BCUT2D eigenvalue weighted by atomic mass is 32.2. The van der Waals surface area contributed by atoms with Gasteiger partial charge in [0.05, 0.1) is 4.90 Å². The molecule has 9 heteroatoms. The van der Waals surface area contributed by atoms with Crippen molar-refractivity contribution in [2.75, 3.05) is 0 Å². The number of nitrogens with zero attached hydrogens (tertiary/aromatic N) is 2. The van der Waals surface area contributed by atoms with Crippen molar-refractivity contribution in [3.63, 3.8) is 0 Å². The fourth-order valence-corrected chi connectivity index (χ4v) is 3.37. The molecule has 3 aromatic rings. The molecule has 1 amide bonds. The molecule has 0 atom stereocenters. The molecule has 2 heterocycles. The summed E-state index contributed by atoms with van der Waals surface area (Å²) in [6, 6.07) is 9.64. The van der Waals surface area contributed by atoms with E-state index in [4.69, 9.17) is 5.14 Å². The second kappa shape index (κ2) is 6.03. The first-order valence-electron chi connectivity index (χ1n) is 6.55. The van der Waals surface area contributed by atoms with Crippen LogP contribution in [-0.4, -0.2) is 24.3 Å². The van der Waals surface area contributed by atoms with Gasteiger partial charge in [-0.2, -0.15) is 0 Å². The molecule has 3 rings (SSSR count). The van der Waals surface area contributed by atoms with Gasteiger partial charge in [0.15, 0.2) is 5.01 Å². The molecule has 0 saturated carbocycles. The maximum atomic E-state index is 12.1. The van der Waals surface area contributed by atoms with E-state index in [1.807, 2.05) is 0 Å². The van der Waals surface area contributed by atoms with Gasteiger partial charge in [0, 0.05) is 12.7 Å². The van der Waals surface area contributed by atoms with Crippen molar-refractivity contribution in [1.82, 2.24) is 15.3 Å². The van der Waals surface area contributed by atoms with Gasteiger partial charge in [0.1, 0.15) is 10.3 Å². The van der Waals surface area contributed by atoms with Crippen LogP contribution in [0.3, 0.4) is 0 Å². The van der Waals surface area contributed by atoms with E-state index in [1.165, 1.54) is 23.5 Å². The predicted octanol–water partition coefficient (Wildman–Crippen LogP) is 1.27. The maximum Gasteiger partial charge on any atom is 0.280 e. The van der Waals surface area contributed by atoms with Crippen LogP contribution >= 0.6 is 11.3 Å². The van der Waals surface area contributed by atoms with E-state index < -0.39 is 10.0 Å². The lowest BCUT2D eigenvalue weighted by molar-refractivity contribution is 0.0950. The van der Waals surface area contributed by atoms with E-state index in [1.54, 1.807) is 30.5 Å². The molecule has 0 bridgehead atoms. The molecular weight excluding hydrogens is 336 g/mol. The average Bonchev–Trinajstić information content (AvgIpc) is 2.96. The van der Waals surface area contributed by atoms with Gasteiger partial charge in [-0.15, -0.1) is 0 Å². The topological polar surface area (TPSA) is 115 Å². The first kappa shape index (κ1) is 15.5. The number of nitrogens with two attached hydrogens (primary N) is 1. The van der Waals surface area contributed by atoms with Crippen molar-refractivity contribution < 1.29 is 13.2 Å². The number of fused-ring (bicyclic) bond motifs is 1. The van der Waals surface area contributed by atoms with Crippen molar-refractivity contribution in [2.45, 2.75) is 11.4 Å². The van der Waals surface area contributed by atoms with Crippen LogP contribution in [-0.2, 0) is 16.6 Å². The largest absolute Gasteiger partial charge is 0.346 e. The summed E-state index contributed by atoms with van der Waals surface area (Å²) in [6.45, 7) is 0.172. The Balaban J connectivity index is 1.74. The number of hydrogen-bond donors (Lipinski definition) is 2. The van der Waals surface area contributed by atoms with Crippen LogP contribution < -0.4 is 10.5 Å². The van der Waals surface area contributed by atoms with E-state index in [9.17, 15) is 13.2 Å². The molecule has 3 N–H and O–H groups in total. The van der Waals surface area contributed by atoms with Crippen LogP contribution in [0.25, 0.3) is 10.3 Å². The van der Waals surface area contributed by atoms with Gasteiger partial charge in [-0.1, -0.05) is 23.5 Å². The van der Waals surface area contributed by atoms with Crippen molar-refractivity contribution in [3.8, 4) is 0 Å². The number of aromatic nitrogens is 2. The Kier molecular flexibility index (Phi) is 4.07. The van der Waals surface area contributed by atoms with Crippen LogP contribution in [0.15, 0.2) is 47.5 Å². The van der Waals surface area contributed by atoms with Gasteiger partial charge in [0.2, 0.25) is 10.0 Å². The van der Waals surface area contributed by atoms with Gasteiger partial charge in [-0.3, -0.25) is 4.79 Å². The number of amides is 1. The number of carbonyl (C=O) groups is 1. The van der Waals surface area contributed by atoms with E-state index in [0.29, 0.717) is 20.9 Å². The first-order valence-corrected chi connectivity index (χ1v) is 8.91. The van der Waals surface area contributed by atoms with Crippen molar-refractivity contribution >= 4 is 37.6 Å². The van der Waals surface area contributed by atoms with Crippen LogP contribution in [0.5, 0.6) is 0 Å². The van der Waals surface area contributed by atoms with Gasteiger partial charge in [-0.05, 0) is 29.8 Å². The molecule has 0 saturated heterocycles. The van der Waals surface area contributed by atoms with Crippen LogP contribution in [0.2, 0.25) is 0 Å². The number of benzene rings is 1. The van der Waals surface area contributed by atoms with Gasteiger partial charge < -0.3 is 5.32 Å². The third-order valence-corrected chi connectivity index (χ3v) is 4.93. The lowest BCUT2D eigenvalue weighted by atomic mass is 10.2. The lowest BCUT2D eigenvalue weighted by Gasteiger charge is -2.05. The number of hydrogen-bond acceptors (Lipinski definition) is 6. The minimum atomic E-state index is -3.76. The number of carbonyl (C=O) groups excluding carboxylic acids is 1. The summed E-state index contributed by atoms with van der Waals surface area (Å²) in [6.07, 6.45) is 1.64. The molecule has 0 fully saturated rings. The highest BCUT2D eigenvalue weighted by molar-refractivity contribution is 7.89. The van der Waals surface area contributed by atoms with Crippen LogP contribution in [0.1, 0.15) is 15.4 Å². The molecule has 7 nitrogen and oxygen atoms in total. The predicted molar refractivity (Wildman–Crippen MR) is 86.4 cm³/mol. The summed E-state index contributed by atoms with van der Waals surface area (Å²) in [5, 5.41) is 8.09. The van der Waals surface area contributed by atoms with Gasteiger partial charge in [-0.25, -0.2) is 23.5 Å². The van der Waals surface area contributed by atoms with E-state index in [2.05, 4.69) is 15.3 Å². The zero-order chi connectivity index (χ0) is 16.4. The lowest BCUT2D eigenvalue weighted by Crippen LogP contribution is -2.22. The Morgan fingerprint density at radius 1 is 1.26 bits per heavy atom. The molecule has 0 aliphatic rings. The molecule has 1 aromatic carbocycles. The summed E-state index contributed by atoms with van der Waals surface area (Å²) < 4.78 is 22.6. The molecule has 23 heavy (non-hydrogen) atoms. The van der Waals surface area contributed by atoms with E-state index >= 15 is 0 Å². The molecule has 0 aliphatic heterocycles. The number of thiazole rings is 1. The van der Waals surface area contributed by atoms with E-state index in [-0.39, 0.29) is 17.3 Å². The second-order valence-corrected chi connectivity index (χ2v) is 7.26. The quantitative estimate of drug-likeness (QED) is 0.737. The Hall–Kier alpha value is -2.36. The standard InChI is InChI=1S/C14H12N4O3S2/c15-23(20,21)10-4-1-3-9(7-10)8-17-12(19)14-18-11-5-2-6-16-13(11)22-14/h1-7H,8H2,(H,17,19)(H2,15,20,21). The highest BCUT2D eigenvalue weighted by Gasteiger charge is 2.13. The van der Waals surface area contributed by atoms with Gasteiger partial charge in [0.25, 0.3) is 5.91 Å². The number of primary sulfonamides is 1. The number of nitrogens with one attached hydrogen (secondary N) is 1. The normalized spacial score (nSPS) is 11.5. The molecule has 0 aliphatic carbocycles. The smallest absolute Gasteiger partial charge is 0.280 e. The summed E-state index contributed by atoms with van der Waals surface area (Å²) in [7, 11) is -3.76. The van der Waals surface area contributed by atoms with E-state index in [0.717, 1.165) is 0 Å². The number of rotatable bonds is 4. The zero-order valence-corrected chi connectivity index (χ0v) is 13.4. The summed E-state index contributed by atoms with van der Waals surface area (Å²) in [5.74, 6) is -0.339. The molecule has 0 radical (unpaired) electrons. The average molecular weight is 348 g/mol. The van der Waals surface area contributed by atoms with Crippen LogP contribution in [0.4, 0.5) is 0 Å². The highest BCUT2D eigenvalue weighted by Crippen LogP contribution is 2.19. The first-order chi connectivity index (χ1) is 10.9. The second-order valence-electron chi connectivity index (χ2n) is 4.72. The molecule has 0 unspecified atom stereocenters. The van der Waals surface area contributed by atoms with Crippen molar-refractivity contribution in [2.24, 2.45) is 5.14 Å². The zero-order valence-electron chi connectivity index (χ0n) is 11.8. The number of sulfonamides is 1. The third kappa shape index (κ3) is 3.52. The Morgan fingerprint density at radius 2 is 2.09 bits per heavy atom. The minimum Gasteiger partial charge on any atom is -0.346 e. The monoisotopic (exact) mass is 348 g/mol. The Labute approximate surface area is 136 Å². The molecule has 0 spiro atoms. The third-order valence-electron chi connectivity index (χ3n) is 3.04. The molecular formula is C14H12N4O3S2. The minimum absolute atomic E-state index is 0.00781. The fraction of sp³-hybridized carbons (Fsp3) is 0.0714.